The molecule has 2 aromatic carbocycles. The summed E-state index contributed by atoms with van der Waals surface area (Å²) < 4.78 is 5.54. The highest BCUT2D eigenvalue weighted by Crippen LogP contribution is 2.46. The summed E-state index contributed by atoms with van der Waals surface area (Å²) in [4.78, 5) is 23.8. The van der Waals surface area contributed by atoms with Crippen LogP contribution < -0.4 is 10.1 Å². The van der Waals surface area contributed by atoms with Gasteiger partial charge in [-0.25, -0.2) is 0 Å². The van der Waals surface area contributed by atoms with Crippen LogP contribution in [-0.2, 0) is 10.2 Å². The number of anilines is 1. The minimum Gasteiger partial charge on any atom is -0.494 e. The van der Waals surface area contributed by atoms with E-state index in [0.29, 0.717) is 28.5 Å². The van der Waals surface area contributed by atoms with Gasteiger partial charge in [0.1, 0.15) is 17.5 Å². The van der Waals surface area contributed by atoms with Crippen molar-refractivity contribution in [2.75, 3.05) is 11.9 Å². The second kappa shape index (κ2) is 5.70. The first-order valence-corrected chi connectivity index (χ1v) is 7.72. The van der Waals surface area contributed by atoms with Crippen LogP contribution in [0.15, 0.2) is 36.4 Å². The maximum absolute atomic E-state index is 12.7. The highest BCUT2D eigenvalue weighted by atomic mass is 35.5. The van der Waals surface area contributed by atoms with Crippen molar-refractivity contribution >= 4 is 29.5 Å². The zero-order valence-corrected chi connectivity index (χ0v) is 13.6. The molecule has 3 rings (SSSR count). The van der Waals surface area contributed by atoms with E-state index in [1.165, 1.54) is 0 Å². The average molecular weight is 330 g/mol. The number of hydrogen-bond acceptors (Lipinski definition) is 3. The first-order chi connectivity index (χ1) is 11.0. The van der Waals surface area contributed by atoms with Gasteiger partial charge in [-0.3, -0.25) is 9.59 Å². The molecule has 1 atom stereocenters. The second-order valence-electron chi connectivity index (χ2n) is 5.58. The van der Waals surface area contributed by atoms with Crippen molar-refractivity contribution in [3.05, 3.63) is 58.1 Å². The SMILES string of the molecule is CCOc1ccc2c(c1)C(C)(c1cc(C=O)ccc1Cl)C(=O)N2. The molecule has 0 bridgehead atoms. The minimum atomic E-state index is -0.974. The summed E-state index contributed by atoms with van der Waals surface area (Å²) >= 11 is 6.33. The maximum Gasteiger partial charge on any atom is 0.239 e. The average Bonchev–Trinajstić information content (AvgIpc) is 2.80. The van der Waals surface area contributed by atoms with Crippen molar-refractivity contribution in [1.82, 2.24) is 0 Å². The molecule has 1 heterocycles. The lowest BCUT2D eigenvalue weighted by molar-refractivity contribution is -0.119. The molecule has 118 valence electrons. The smallest absolute Gasteiger partial charge is 0.239 e. The first kappa shape index (κ1) is 15.6. The molecule has 1 amide bonds. The number of benzene rings is 2. The summed E-state index contributed by atoms with van der Waals surface area (Å²) in [6.07, 6.45) is 0.744. The first-order valence-electron chi connectivity index (χ1n) is 7.34. The lowest BCUT2D eigenvalue weighted by Crippen LogP contribution is -2.32. The van der Waals surface area contributed by atoms with Crippen molar-refractivity contribution in [2.45, 2.75) is 19.3 Å². The molecule has 0 radical (unpaired) electrons. The fourth-order valence-electron chi connectivity index (χ4n) is 2.94. The molecule has 1 aliphatic heterocycles. The van der Waals surface area contributed by atoms with Crippen LogP contribution in [0.5, 0.6) is 5.75 Å². The normalized spacial score (nSPS) is 19.2. The summed E-state index contributed by atoms with van der Waals surface area (Å²) in [6, 6.07) is 10.4. The predicted octanol–water partition coefficient (Wildman–Crippen LogP) is 3.81. The molecule has 2 aromatic rings. The van der Waals surface area contributed by atoms with Crippen LogP contribution >= 0.6 is 11.6 Å². The molecule has 0 saturated heterocycles. The Morgan fingerprint density at radius 1 is 1.22 bits per heavy atom. The summed E-state index contributed by atoms with van der Waals surface area (Å²) in [6.45, 7) is 4.25. The largest absolute Gasteiger partial charge is 0.494 e. The van der Waals surface area contributed by atoms with Crippen LogP contribution in [0.3, 0.4) is 0 Å². The Kier molecular flexibility index (Phi) is 3.86. The number of amides is 1. The molecule has 1 unspecified atom stereocenters. The number of carbonyl (C=O) groups is 2. The molecule has 1 N–H and O–H groups in total. The number of nitrogens with one attached hydrogen (secondary N) is 1. The van der Waals surface area contributed by atoms with Crippen molar-refractivity contribution < 1.29 is 14.3 Å². The van der Waals surface area contributed by atoms with E-state index in [0.717, 1.165) is 17.5 Å². The third kappa shape index (κ3) is 2.39. The van der Waals surface area contributed by atoms with Crippen LogP contribution in [0.25, 0.3) is 0 Å². The van der Waals surface area contributed by atoms with Gasteiger partial charge < -0.3 is 10.1 Å². The molecule has 0 aromatic heterocycles. The molecule has 1 aliphatic rings. The molecular weight excluding hydrogens is 314 g/mol. The summed E-state index contributed by atoms with van der Waals surface area (Å²) in [5.41, 5.74) is 1.63. The Morgan fingerprint density at radius 2 is 2.00 bits per heavy atom. The molecule has 0 aliphatic carbocycles. The summed E-state index contributed by atoms with van der Waals surface area (Å²) in [5, 5.41) is 3.33. The van der Waals surface area contributed by atoms with E-state index in [-0.39, 0.29) is 5.91 Å². The van der Waals surface area contributed by atoms with Gasteiger partial charge in [0.25, 0.3) is 0 Å². The fraction of sp³-hybridized carbons (Fsp3) is 0.222. The van der Waals surface area contributed by atoms with Crippen LogP contribution in [0, 0.1) is 0 Å². The van der Waals surface area contributed by atoms with E-state index >= 15 is 0 Å². The maximum atomic E-state index is 12.7. The zero-order valence-electron chi connectivity index (χ0n) is 12.9. The Labute approximate surface area is 139 Å². The second-order valence-corrected chi connectivity index (χ2v) is 5.98. The van der Waals surface area contributed by atoms with Crippen molar-refractivity contribution in [2.24, 2.45) is 0 Å². The van der Waals surface area contributed by atoms with Crippen molar-refractivity contribution in [3.63, 3.8) is 0 Å². The third-order valence-electron chi connectivity index (χ3n) is 4.21. The number of aldehydes is 1. The van der Waals surface area contributed by atoms with E-state index in [4.69, 9.17) is 16.3 Å². The van der Waals surface area contributed by atoms with Gasteiger partial charge in [-0.15, -0.1) is 0 Å². The highest BCUT2D eigenvalue weighted by Gasteiger charge is 2.45. The summed E-state index contributed by atoms with van der Waals surface area (Å²) in [7, 11) is 0. The Hall–Kier alpha value is -2.33. The van der Waals surface area contributed by atoms with Crippen LogP contribution in [0.2, 0.25) is 5.02 Å². The fourth-order valence-corrected chi connectivity index (χ4v) is 3.25. The van der Waals surface area contributed by atoms with Crippen LogP contribution in [-0.4, -0.2) is 18.8 Å². The van der Waals surface area contributed by atoms with E-state index in [2.05, 4.69) is 5.32 Å². The summed E-state index contributed by atoms with van der Waals surface area (Å²) in [5.74, 6) is 0.516. The lowest BCUT2D eigenvalue weighted by Gasteiger charge is -2.24. The van der Waals surface area contributed by atoms with Crippen molar-refractivity contribution in [3.8, 4) is 5.75 Å². The molecule has 0 fully saturated rings. The van der Waals surface area contributed by atoms with E-state index in [9.17, 15) is 9.59 Å². The Bertz CT molecular complexity index is 803. The molecule has 23 heavy (non-hydrogen) atoms. The number of carbonyl (C=O) groups excluding carboxylic acids is 2. The van der Waals surface area contributed by atoms with Crippen LogP contribution in [0.4, 0.5) is 5.69 Å². The van der Waals surface area contributed by atoms with Gasteiger partial charge in [-0.2, -0.15) is 0 Å². The molecule has 5 heteroatoms. The number of hydrogen-bond donors (Lipinski definition) is 1. The molecule has 4 nitrogen and oxygen atoms in total. The van der Waals surface area contributed by atoms with E-state index < -0.39 is 5.41 Å². The zero-order chi connectivity index (χ0) is 16.6. The Balaban J connectivity index is 2.21. The van der Waals surface area contributed by atoms with Gasteiger partial charge in [-0.1, -0.05) is 17.7 Å². The molecule has 0 saturated carbocycles. The number of ether oxygens (including phenoxy) is 1. The van der Waals surface area contributed by atoms with Gasteiger partial charge in [0.2, 0.25) is 5.91 Å². The molecule has 0 spiro atoms. The van der Waals surface area contributed by atoms with Gasteiger partial charge in [0, 0.05) is 16.3 Å². The lowest BCUT2D eigenvalue weighted by atomic mass is 9.76. The van der Waals surface area contributed by atoms with Gasteiger partial charge in [-0.05, 0) is 55.3 Å². The quantitative estimate of drug-likeness (QED) is 0.868. The molecular formula is C18H16ClNO3. The highest BCUT2D eigenvalue weighted by molar-refractivity contribution is 6.32. The number of halogens is 1. The number of rotatable bonds is 4. The monoisotopic (exact) mass is 329 g/mol. The van der Waals surface area contributed by atoms with E-state index in [1.807, 2.05) is 25.1 Å². The minimum absolute atomic E-state index is 0.175. The third-order valence-corrected chi connectivity index (χ3v) is 4.54. The van der Waals surface area contributed by atoms with Gasteiger partial charge >= 0.3 is 0 Å². The predicted molar refractivity (Wildman–Crippen MR) is 89.5 cm³/mol. The standard InChI is InChI=1S/C18H16ClNO3/c1-3-23-12-5-7-16-14(9-12)18(2,17(22)20-16)13-8-11(10-21)4-6-15(13)19/h4-10H,3H2,1-2H3,(H,20,22). The van der Waals surface area contributed by atoms with E-state index in [1.54, 1.807) is 25.1 Å². The number of fused-ring (bicyclic) bond motifs is 1. The topological polar surface area (TPSA) is 55.4 Å². The van der Waals surface area contributed by atoms with Gasteiger partial charge in [0.05, 0.1) is 6.61 Å². The van der Waals surface area contributed by atoms with Gasteiger partial charge in [0.15, 0.2) is 0 Å². The van der Waals surface area contributed by atoms with Crippen molar-refractivity contribution in [1.29, 1.82) is 0 Å². The Morgan fingerprint density at radius 3 is 2.70 bits per heavy atom. The van der Waals surface area contributed by atoms with Crippen LogP contribution in [0.1, 0.15) is 35.3 Å².